The third kappa shape index (κ3) is 4.79. The highest BCUT2D eigenvalue weighted by Crippen LogP contribution is 2.67. The molecule has 6 heterocycles. The van der Waals surface area contributed by atoms with Gasteiger partial charge >= 0.3 is 5.97 Å². The number of carbonyl (C=O) groups is 2. The van der Waals surface area contributed by atoms with Crippen molar-refractivity contribution < 1.29 is 34.4 Å². The van der Waals surface area contributed by atoms with E-state index in [1.54, 1.807) is 14.2 Å². The summed E-state index contributed by atoms with van der Waals surface area (Å²) < 4.78 is 12.2. The minimum Gasteiger partial charge on any atom is -0.496 e. The molecule has 1 aromatic heterocycles. The monoisotopic (exact) mass is 779 g/mol. The topological polar surface area (TPSA) is 188 Å². The second-order valence-electron chi connectivity index (χ2n) is 17.6. The van der Waals surface area contributed by atoms with Gasteiger partial charge in [0, 0.05) is 88.9 Å². The zero-order valence-corrected chi connectivity index (χ0v) is 33.4. The zero-order valence-electron chi connectivity index (χ0n) is 33.4. The summed E-state index contributed by atoms with van der Waals surface area (Å²) >= 11 is 0. The number of aliphatic hydroxyl groups excluding tert-OH is 1. The van der Waals surface area contributed by atoms with Crippen LogP contribution in [-0.2, 0) is 31.6 Å². The molecule has 4 N–H and O–H groups in total. The highest BCUT2D eigenvalue weighted by molar-refractivity contribution is 5.95. The SMILES string of the molecule is CC[C@]1(O)CC2CN(CCc3c([nH]c4ccccc34)[C@@](C(=O)OC)(c3cc4c(cc3OC)N(C)C3C45CCN4CC=C[C@](CC)([C@H]45)[C@@H](O)[C@]3(O)C(=O)N=[N+]=[N-])C2)C1. The Morgan fingerprint density at radius 2 is 1.86 bits per heavy atom. The minimum atomic E-state index is -2.49. The van der Waals surface area contributed by atoms with Crippen LogP contribution in [0.15, 0.2) is 53.7 Å². The summed E-state index contributed by atoms with van der Waals surface area (Å²) in [5.74, 6) is -1.28. The van der Waals surface area contributed by atoms with Crippen LogP contribution < -0.4 is 9.64 Å². The Morgan fingerprint density at radius 3 is 2.58 bits per heavy atom. The number of aliphatic hydroxyl groups is 3. The van der Waals surface area contributed by atoms with E-state index >= 15 is 4.79 Å². The van der Waals surface area contributed by atoms with Crippen LogP contribution in [0.3, 0.4) is 0 Å². The second-order valence-corrected chi connectivity index (χ2v) is 17.6. The summed E-state index contributed by atoms with van der Waals surface area (Å²) in [4.78, 5) is 42.4. The fraction of sp³-hybridized carbons (Fsp3) is 0.581. The van der Waals surface area contributed by atoms with Crippen LogP contribution in [0.5, 0.6) is 5.75 Å². The number of benzene rings is 2. The summed E-state index contributed by atoms with van der Waals surface area (Å²) in [6.45, 7) is 7.16. The van der Waals surface area contributed by atoms with Gasteiger partial charge in [-0.1, -0.05) is 44.2 Å². The molecule has 1 aliphatic carbocycles. The second kappa shape index (κ2) is 13.0. The molecule has 1 spiro atoms. The molecule has 5 aliphatic heterocycles. The quantitative estimate of drug-likeness (QED) is 0.0934. The molecule has 4 unspecified atom stereocenters. The van der Waals surface area contributed by atoms with Gasteiger partial charge in [-0.3, -0.25) is 19.4 Å². The number of anilines is 1. The molecular weight excluding hydrogens is 727 g/mol. The number of para-hydroxylation sites is 1. The van der Waals surface area contributed by atoms with Crippen LogP contribution in [0, 0.1) is 11.3 Å². The highest BCUT2D eigenvalue weighted by atomic mass is 16.5. The van der Waals surface area contributed by atoms with Crippen LogP contribution in [0.2, 0.25) is 0 Å². The number of likely N-dealkylation sites (N-methyl/N-ethyl adjacent to an activating group) is 1. The van der Waals surface area contributed by atoms with Crippen molar-refractivity contribution in [3.8, 4) is 5.75 Å². The number of H-pyrrole nitrogens is 1. The minimum absolute atomic E-state index is 0.110. The lowest BCUT2D eigenvalue weighted by atomic mass is 9.47. The number of nitrogens with zero attached hydrogens (tertiary/aromatic N) is 6. The van der Waals surface area contributed by atoms with Gasteiger partial charge in [0.05, 0.1) is 25.9 Å². The first-order chi connectivity index (χ1) is 27.3. The molecule has 1 saturated carbocycles. The Morgan fingerprint density at radius 1 is 1.07 bits per heavy atom. The van der Waals surface area contributed by atoms with Gasteiger partial charge in [-0.05, 0) is 84.9 Å². The Hall–Kier alpha value is -4.43. The molecule has 2 bridgehead atoms. The fourth-order valence-corrected chi connectivity index (χ4v) is 13.1. The fourth-order valence-electron chi connectivity index (χ4n) is 13.1. The third-order valence-electron chi connectivity index (χ3n) is 15.3. The number of fused-ring (bicyclic) bond motifs is 6. The highest BCUT2D eigenvalue weighted by Gasteiger charge is 2.78. The first kappa shape index (κ1) is 38.1. The molecule has 1 amide bonds. The molecule has 10 atom stereocenters. The molecule has 6 aliphatic rings. The lowest BCUT2D eigenvalue weighted by Crippen LogP contribution is -2.80. The maximum absolute atomic E-state index is 15.2. The number of methoxy groups -OCH3 is 2. The van der Waals surface area contributed by atoms with Gasteiger partial charge < -0.3 is 34.7 Å². The standard InChI is InChI=1S/C43H53N7O7/c1-6-39(54)21-25-22-42(38(53)57-5,33-27(13-17-49(23-25)24-39)26-11-8-9-12-30(26)45-33)29-19-28-31(20-32(29)56-4)48(3)35-41(28)15-18-50-16-10-14-40(7-2,34(41)50)36(51)43(35,55)37(52)46-47-44/h8-12,14,19-20,25,34-36,45,51,54-55H,6-7,13,15-18,21-24H2,1-5H3/t25?,34-,35?,36+,39-,40+,41?,42-,43-/m0/s1. The van der Waals surface area contributed by atoms with Gasteiger partial charge in [0.15, 0.2) is 5.60 Å². The average molecular weight is 780 g/mol. The van der Waals surface area contributed by atoms with Gasteiger partial charge in [-0.2, -0.15) is 0 Å². The van der Waals surface area contributed by atoms with Gasteiger partial charge in [0.25, 0.3) is 5.91 Å². The van der Waals surface area contributed by atoms with Crippen molar-refractivity contribution in [2.24, 2.45) is 16.4 Å². The maximum Gasteiger partial charge on any atom is 0.322 e. The molecule has 2 aromatic carbocycles. The van der Waals surface area contributed by atoms with E-state index in [1.807, 2.05) is 55.2 Å². The summed E-state index contributed by atoms with van der Waals surface area (Å²) in [5, 5.41) is 41.7. The Kier molecular flexibility index (Phi) is 8.72. The van der Waals surface area contributed by atoms with Crippen LogP contribution in [0.1, 0.15) is 68.3 Å². The van der Waals surface area contributed by atoms with Crippen molar-refractivity contribution in [1.29, 1.82) is 0 Å². The predicted octanol–water partition coefficient (Wildman–Crippen LogP) is 4.08. The number of hydrogen-bond donors (Lipinski definition) is 4. The van der Waals surface area contributed by atoms with E-state index in [-0.39, 0.29) is 12.0 Å². The molecule has 57 heavy (non-hydrogen) atoms. The first-order valence-corrected chi connectivity index (χ1v) is 20.3. The number of nitrogens with one attached hydrogen (secondary N) is 1. The van der Waals surface area contributed by atoms with Gasteiger partial charge in [-0.15, -0.1) is 0 Å². The number of esters is 1. The number of hydrogen-bond acceptors (Lipinski definition) is 10. The van der Waals surface area contributed by atoms with E-state index < -0.39 is 51.5 Å². The van der Waals surface area contributed by atoms with Crippen molar-refractivity contribution >= 4 is 28.5 Å². The Bertz CT molecular complexity index is 2250. The van der Waals surface area contributed by atoms with Crippen LogP contribution in [0.4, 0.5) is 5.69 Å². The normalized spacial score (nSPS) is 37.8. The van der Waals surface area contributed by atoms with Crippen LogP contribution in [0.25, 0.3) is 21.3 Å². The zero-order chi connectivity index (χ0) is 40.3. The molecule has 9 rings (SSSR count). The van der Waals surface area contributed by atoms with Crippen LogP contribution in [-0.4, -0.2) is 125 Å². The molecule has 302 valence electrons. The predicted molar refractivity (Wildman–Crippen MR) is 213 cm³/mol. The van der Waals surface area contributed by atoms with Gasteiger partial charge in [-0.25, -0.2) is 0 Å². The van der Waals surface area contributed by atoms with Crippen molar-refractivity contribution in [1.82, 2.24) is 14.8 Å². The van der Waals surface area contributed by atoms with Gasteiger partial charge in [0.2, 0.25) is 0 Å². The molecule has 14 nitrogen and oxygen atoms in total. The number of piperidine rings is 1. The molecule has 0 radical (unpaired) electrons. The van der Waals surface area contributed by atoms with Gasteiger partial charge in [0.1, 0.15) is 17.3 Å². The van der Waals surface area contributed by atoms with Crippen molar-refractivity contribution in [3.05, 3.63) is 81.4 Å². The van der Waals surface area contributed by atoms with E-state index in [0.29, 0.717) is 88.2 Å². The van der Waals surface area contributed by atoms with E-state index in [4.69, 9.17) is 9.47 Å². The number of aromatic amines is 1. The van der Waals surface area contributed by atoms with Crippen molar-refractivity contribution in [2.45, 2.75) is 92.6 Å². The van der Waals surface area contributed by atoms with Crippen LogP contribution >= 0.6 is 0 Å². The van der Waals surface area contributed by atoms with E-state index in [0.717, 1.165) is 27.7 Å². The van der Waals surface area contributed by atoms with Crippen molar-refractivity contribution in [2.75, 3.05) is 58.9 Å². The number of ether oxygens (including phenoxy) is 2. The number of amides is 1. The first-order valence-electron chi connectivity index (χ1n) is 20.3. The summed E-state index contributed by atoms with van der Waals surface area (Å²) in [7, 11) is 4.79. The lowest BCUT2D eigenvalue weighted by molar-refractivity contribution is -0.201. The number of carbonyl (C=O) groups excluding carboxylic acids is 2. The van der Waals surface area contributed by atoms with E-state index in [2.05, 4.69) is 36.9 Å². The molecule has 2 saturated heterocycles. The number of aromatic nitrogens is 1. The lowest BCUT2D eigenvalue weighted by Gasteiger charge is -2.63. The Balaban J connectivity index is 1.37. The van der Waals surface area contributed by atoms with Crippen molar-refractivity contribution in [3.63, 3.8) is 0 Å². The largest absolute Gasteiger partial charge is 0.496 e. The maximum atomic E-state index is 15.2. The van der Waals surface area contributed by atoms with E-state index in [1.165, 1.54) is 7.11 Å². The molecule has 3 fully saturated rings. The number of rotatable bonds is 6. The number of azide groups is 1. The smallest absolute Gasteiger partial charge is 0.322 e. The average Bonchev–Trinajstić information content (AvgIpc) is 3.88. The molecule has 3 aromatic rings. The molecule has 14 heteroatoms. The summed E-state index contributed by atoms with van der Waals surface area (Å²) in [6.07, 6.45) is 5.30. The summed E-state index contributed by atoms with van der Waals surface area (Å²) in [6, 6.07) is 10.6. The summed E-state index contributed by atoms with van der Waals surface area (Å²) in [5.41, 5.74) is 7.34. The third-order valence-corrected chi connectivity index (χ3v) is 15.3. The molecular formula is C43H53N7O7. The Labute approximate surface area is 332 Å². The van der Waals surface area contributed by atoms with E-state index in [9.17, 15) is 25.6 Å².